The summed E-state index contributed by atoms with van der Waals surface area (Å²) >= 11 is 0. The molecule has 0 aromatic heterocycles. The van der Waals surface area contributed by atoms with Gasteiger partial charge in [-0.1, -0.05) is 0 Å². The Morgan fingerprint density at radius 1 is 1.25 bits per heavy atom. The molecule has 6 heteroatoms. The number of hydrogen-bond donors (Lipinski definition) is 1. The molecule has 20 heavy (non-hydrogen) atoms. The predicted octanol–water partition coefficient (Wildman–Crippen LogP) is 2.38. The summed E-state index contributed by atoms with van der Waals surface area (Å²) in [6.07, 6.45) is 0.737. The molecule has 110 valence electrons. The number of ether oxygens (including phenoxy) is 2. The smallest absolute Gasteiger partial charge is 0.190 e. The Morgan fingerprint density at radius 3 is 2.55 bits per heavy atom. The van der Waals surface area contributed by atoms with E-state index in [-0.39, 0.29) is 12.4 Å². The third-order valence-electron chi connectivity index (χ3n) is 2.55. The van der Waals surface area contributed by atoms with E-state index in [2.05, 4.69) is 5.32 Å². The Kier molecular flexibility index (Phi) is 7.55. The van der Waals surface area contributed by atoms with E-state index in [0.717, 1.165) is 0 Å². The monoisotopic (exact) mass is 284 g/mol. The van der Waals surface area contributed by atoms with Crippen LogP contribution in [-0.2, 0) is 11.3 Å². The maximum atomic E-state index is 13.7. The Morgan fingerprint density at radius 2 is 1.95 bits per heavy atom. The van der Waals surface area contributed by atoms with E-state index in [1.165, 1.54) is 12.1 Å². The molecule has 0 unspecified atom stereocenters. The number of nitrogens with zero attached hydrogens (tertiary/aromatic N) is 1. The molecule has 0 spiro atoms. The highest BCUT2D eigenvalue weighted by Crippen LogP contribution is 2.23. The first-order valence-electron chi connectivity index (χ1n) is 6.36. The summed E-state index contributed by atoms with van der Waals surface area (Å²) in [6, 6.07) is 4.42. The Hall–Kier alpha value is -1.71. The van der Waals surface area contributed by atoms with Gasteiger partial charge in [-0.3, -0.25) is 0 Å². The third kappa shape index (κ3) is 5.51. The molecule has 1 rings (SSSR count). The first-order valence-corrected chi connectivity index (χ1v) is 6.36. The Balaban J connectivity index is 2.55. The molecule has 1 N–H and O–H groups in total. The predicted molar refractivity (Wildman–Crippen MR) is 70.3 cm³/mol. The highest BCUT2D eigenvalue weighted by Gasteiger charge is 2.12. The lowest BCUT2D eigenvalue weighted by molar-refractivity contribution is 0.199. The van der Waals surface area contributed by atoms with E-state index >= 15 is 0 Å². The molecular formula is C14H18F2N2O2. The average Bonchev–Trinajstić information content (AvgIpc) is 2.42. The minimum Gasteiger partial charge on any atom is -0.488 e. The zero-order valence-corrected chi connectivity index (χ0v) is 11.4. The van der Waals surface area contributed by atoms with E-state index in [0.29, 0.717) is 38.1 Å². The molecular weight excluding hydrogens is 266 g/mol. The quantitative estimate of drug-likeness (QED) is 0.707. The van der Waals surface area contributed by atoms with Gasteiger partial charge >= 0.3 is 0 Å². The minimum absolute atomic E-state index is 0.118. The van der Waals surface area contributed by atoms with Gasteiger partial charge < -0.3 is 14.8 Å². The summed E-state index contributed by atoms with van der Waals surface area (Å²) in [5.41, 5.74) is 0.500. The normalized spacial score (nSPS) is 10.3. The van der Waals surface area contributed by atoms with Crippen LogP contribution in [0.1, 0.15) is 18.4 Å². The first kappa shape index (κ1) is 16.3. The van der Waals surface area contributed by atoms with Crippen molar-refractivity contribution < 1.29 is 18.3 Å². The van der Waals surface area contributed by atoms with Crippen LogP contribution in [0, 0.1) is 23.0 Å². The molecule has 0 amide bonds. The molecule has 0 aliphatic heterocycles. The van der Waals surface area contributed by atoms with Gasteiger partial charge in [-0.15, -0.1) is 0 Å². The molecule has 1 aromatic rings. The summed E-state index contributed by atoms with van der Waals surface area (Å²) in [7, 11) is 1.58. The van der Waals surface area contributed by atoms with Crippen molar-refractivity contribution in [3.63, 3.8) is 0 Å². The van der Waals surface area contributed by atoms with Gasteiger partial charge in [0.15, 0.2) is 17.4 Å². The molecule has 1 aromatic carbocycles. The molecule has 0 bridgehead atoms. The van der Waals surface area contributed by atoms with Crippen molar-refractivity contribution in [3.05, 3.63) is 29.3 Å². The van der Waals surface area contributed by atoms with Gasteiger partial charge in [0.05, 0.1) is 19.3 Å². The molecule has 4 nitrogen and oxygen atoms in total. The first-order chi connectivity index (χ1) is 9.69. The van der Waals surface area contributed by atoms with Crippen molar-refractivity contribution in [3.8, 4) is 11.8 Å². The summed E-state index contributed by atoms with van der Waals surface area (Å²) in [4.78, 5) is 0. The van der Waals surface area contributed by atoms with Crippen LogP contribution in [0.4, 0.5) is 8.78 Å². The fourth-order valence-electron chi connectivity index (χ4n) is 1.58. The number of rotatable bonds is 9. The van der Waals surface area contributed by atoms with Crippen LogP contribution >= 0.6 is 0 Å². The third-order valence-corrected chi connectivity index (χ3v) is 2.55. The highest BCUT2D eigenvalue weighted by atomic mass is 19.1. The lowest BCUT2D eigenvalue weighted by atomic mass is 10.2. The van der Waals surface area contributed by atoms with Crippen molar-refractivity contribution in [2.75, 3.05) is 26.9 Å². The second-order valence-corrected chi connectivity index (χ2v) is 4.17. The number of unbranched alkanes of at least 4 members (excludes halogenated alkanes) is 1. The Bertz CT molecular complexity index is 438. The van der Waals surface area contributed by atoms with Crippen molar-refractivity contribution >= 4 is 0 Å². The molecule has 0 atom stereocenters. The van der Waals surface area contributed by atoms with Gasteiger partial charge in [-0.2, -0.15) is 5.26 Å². The molecule has 0 fully saturated rings. The number of methoxy groups -OCH3 is 1. The van der Waals surface area contributed by atoms with E-state index < -0.39 is 11.6 Å². The summed E-state index contributed by atoms with van der Waals surface area (Å²) < 4.78 is 37.3. The second-order valence-electron chi connectivity index (χ2n) is 4.17. The van der Waals surface area contributed by atoms with Crippen molar-refractivity contribution in [1.29, 1.82) is 5.26 Å². The van der Waals surface area contributed by atoms with E-state index in [1.807, 2.05) is 6.07 Å². The molecule has 0 aliphatic rings. The number of nitrogens with one attached hydrogen (secondary N) is 1. The van der Waals surface area contributed by atoms with Crippen LogP contribution < -0.4 is 10.1 Å². The lowest BCUT2D eigenvalue weighted by Crippen LogP contribution is -2.18. The van der Waals surface area contributed by atoms with Crippen molar-refractivity contribution in [1.82, 2.24) is 5.32 Å². The maximum absolute atomic E-state index is 13.7. The number of halogens is 2. The van der Waals surface area contributed by atoms with Crippen LogP contribution in [0.25, 0.3) is 0 Å². The average molecular weight is 284 g/mol. The molecule has 0 saturated heterocycles. The maximum Gasteiger partial charge on any atom is 0.190 e. The van der Waals surface area contributed by atoms with Gasteiger partial charge in [0.1, 0.15) is 0 Å². The molecule has 0 saturated carbocycles. The number of nitriles is 1. The fourth-order valence-corrected chi connectivity index (χ4v) is 1.58. The van der Waals surface area contributed by atoms with Crippen LogP contribution in [0.15, 0.2) is 12.1 Å². The van der Waals surface area contributed by atoms with Gasteiger partial charge in [0.25, 0.3) is 0 Å². The van der Waals surface area contributed by atoms with Gasteiger partial charge in [0, 0.05) is 26.6 Å². The van der Waals surface area contributed by atoms with Crippen LogP contribution in [0.2, 0.25) is 0 Å². The van der Waals surface area contributed by atoms with E-state index in [9.17, 15) is 8.78 Å². The summed E-state index contributed by atoms with van der Waals surface area (Å²) in [5.74, 6) is -1.85. The Labute approximate surface area is 117 Å². The van der Waals surface area contributed by atoms with Crippen LogP contribution in [-0.4, -0.2) is 26.9 Å². The van der Waals surface area contributed by atoms with Crippen molar-refractivity contribution in [2.24, 2.45) is 0 Å². The van der Waals surface area contributed by atoms with Crippen LogP contribution in [0.3, 0.4) is 0 Å². The SMILES string of the molecule is COCCNCc1cc(F)c(OCCCC#N)c(F)c1. The molecule has 0 aliphatic carbocycles. The van der Waals surface area contributed by atoms with Gasteiger partial charge in [-0.25, -0.2) is 8.78 Å². The largest absolute Gasteiger partial charge is 0.488 e. The van der Waals surface area contributed by atoms with Gasteiger partial charge in [0.2, 0.25) is 0 Å². The number of hydrogen-bond acceptors (Lipinski definition) is 4. The van der Waals surface area contributed by atoms with E-state index in [4.69, 9.17) is 14.7 Å². The lowest BCUT2D eigenvalue weighted by Gasteiger charge is -2.10. The fraction of sp³-hybridized carbons (Fsp3) is 0.500. The minimum atomic E-state index is -0.731. The molecule has 0 heterocycles. The molecule has 0 radical (unpaired) electrons. The zero-order valence-electron chi connectivity index (χ0n) is 11.4. The highest BCUT2D eigenvalue weighted by molar-refractivity contribution is 5.31. The summed E-state index contributed by atoms with van der Waals surface area (Å²) in [6.45, 7) is 1.61. The topological polar surface area (TPSA) is 54.3 Å². The van der Waals surface area contributed by atoms with Crippen molar-refractivity contribution in [2.45, 2.75) is 19.4 Å². The standard InChI is InChI=1S/C14H18F2N2O2/c1-19-7-5-18-10-11-8-12(15)14(13(16)9-11)20-6-3-2-4-17/h8-9,18H,2-3,5-7,10H2,1H3. The second kappa shape index (κ2) is 9.23. The van der Waals surface area contributed by atoms with Gasteiger partial charge in [-0.05, 0) is 24.1 Å². The van der Waals surface area contributed by atoms with Crippen LogP contribution in [0.5, 0.6) is 5.75 Å². The summed E-state index contributed by atoms with van der Waals surface area (Å²) in [5, 5.41) is 11.4. The number of benzene rings is 1. The zero-order chi connectivity index (χ0) is 14.8. The van der Waals surface area contributed by atoms with E-state index in [1.54, 1.807) is 7.11 Å².